The van der Waals surface area contributed by atoms with Crippen LogP contribution in [0.15, 0.2) is 158 Å². The molecular formula is C50H44N4. The van der Waals surface area contributed by atoms with Gasteiger partial charge in [0, 0.05) is 35.9 Å². The van der Waals surface area contributed by atoms with Crippen molar-refractivity contribution in [1.82, 2.24) is 19.9 Å². The molecule has 5 aromatic carbocycles. The minimum atomic E-state index is 0.0626. The first-order valence-electron chi connectivity index (χ1n) is 18.6. The van der Waals surface area contributed by atoms with E-state index in [0.717, 1.165) is 78.1 Å². The molecule has 0 saturated heterocycles. The highest BCUT2D eigenvalue weighted by atomic mass is 14.8. The summed E-state index contributed by atoms with van der Waals surface area (Å²) in [6, 6.07) is 47.7. The zero-order valence-corrected chi connectivity index (χ0v) is 31.8. The summed E-state index contributed by atoms with van der Waals surface area (Å²) in [7, 11) is 0. The van der Waals surface area contributed by atoms with Crippen LogP contribution < -0.4 is 0 Å². The molecular weight excluding hydrogens is 657 g/mol. The van der Waals surface area contributed by atoms with Crippen LogP contribution in [0.1, 0.15) is 52.7 Å². The van der Waals surface area contributed by atoms with Crippen molar-refractivity contribution in [3.63, 3.8) is 0 Å². The molecule has 4 nitrogen and oxygen atoms in total. The van der Waals surface area contributed by atoms with Crippen molar-refractivity contribution in [2.75, 3.05) is 0 Å². The highest BCUT2D eigenvalue weighted by molar-refractivity contribution is 5.96. The Labute approximate surface area is 318 Å². The Morgan fingerprint density at radius 2 is 0.685 bits per heavy atom. The number of pyridine rings is 2. The Balaban J connectivity index is 1.33. The van der Waals surface area contributed by atoms with E-state index < -0.39 is 0 Å². The van der Waals surface area contributed by atoms with Crippen LogP contribution in [-0.2, 0) is 10.8 Å². The lowest BCUT2D eigenvalue weighted by Gasteiger charge is -2.21. The van der Waals surface area contributed by atoms with Crippen LogP contribution in [0.25, 0.3) is 78.1 Å². The molecule has 0 aliphatic rings. The second kappa shape index (κ2) is 13.9. The third kappa shape index (κ3) is 7.08. The average Bonchev–Trinajstić information content (AvgIpc) is 3.20. The van der Waals surface area contributed by atoms with E-state index in [0.29, 0.717) is 0 Å². The van der Waals surface area contributed by atoms with Crippen molar-refractivity contribution >= 4 is 11.0 Å². The molecule has 264 valence electrons. The van der Waals surface area contributed by atoms with Gasteiger partial charge < -0.3 is 0 Å². The topological polar surface area (TPSA) is 51.6 Å². The van der Waals surface area contributed by atoms with E-state index in [-0.39, 0.29) is 10.8 Å². The smallest absolute Gasteiger partial charge is 0.0973 e. The molecule has 0 aliphatic heterocycles. The lowest BCUT2D eigenvalue weighted by atomic mass is 9.84. The van der Waals surface area contributed by atoms with E-state index in [1.54, 1.807) is 12.4 Å². The number of aromatic nitrogens is 4. The van der Waals surface area contributed by atoms with Crippen LogP contribution in [-0.4, -0.2) is 19.9 Å². The van der Waals surface area contributed by atoms with E-state index in [4.69, 9.17) is 9.97 Å². The average molecular weight is 701 g/mol. The first kappa shape index (κ1) is 34.8. The van der Waals surface area contributed by atoms with Crippen molar-refractivity contribution in [3.05, 3.63) is 169 Å². The summed E-state index contributed by atoms with van der Waals surface area (Å²) in [5, 5.41) is 0. The van der Waals surface area contributed by atoms with Gasteiger partial charge in [0.25, 0.3) is 0 Å². The Morgan fingerprint density at radius 1 is 0.352 bits per heavy atom. The standard InChI is InChI=1S/C50H44N4/c1-49(2,3)41-23-19-35(20-24-41)43-29-45-46(30-44(43)36-21-25-42(26-22-36)50(4,5)6)54-48(38-17-13-34(14-18-38)40-10-8-28-52-32-40)47(53-45)37-15-11-33(12-16-37)39-9-7-27-51-31-39/h7-32H,1-6H3. The quantitative estimate of drug-likeness (QED) is 0.173. The van der Waals surface area contributed by atoms with Crippen LogP contribution in [0.4, 0.5) is 0 Å². The number of benzene rings is 5. The molecule has 0 radical (unpaired) electrons. The van der Waals surface area contributed by atoms with Crippen LogP contribution in [0.5, 0.6) is 0 Å². The summed E-state index contributed by atoms with van der Waals surface area (Å²) < 4.78 is 0. The zero-order valence-electron chi connectivity index (χ0n) is 31.8. The zero-order chi connectivity index (χ0) is 37.5. The monoisotopic (exact) mass is 700 g/mol. The molecule has 3 aromatic heterocycles. The third-order valence-electron chi connectivity index (χ3n) is 10.2. The Kier molecular flexibility index (Phi) is 8.99. The highest BCUT2D eigenvalue weighted by Gasteiger charge is 2.20. The van der Waals surface area contributed by atoms with E-state index in [1.807, 2.05) is 24.5 Å². The highest BCUT2D eigenvalue weighted by Crippen LogP contribution is 2.40. The van der Waals surface area contributed by atoms with Gasteiger partial charge in [-0.3, -0.25) is 9.97 Å². The molecule has 0 spiro atoms. The second-order valence-corrected chi connectivity index (χ2v) is 16.1. The number of fused-ring (bicyclic) bond motifs is 1. The number of hydrogen-bond donors (Lipinski definition) is 0. The molecule has 0 fully saturated rings. The fourth-order valence-electron chi connectivity index (χ4n) is 6.99. The third-order valence-corrected chi connectivity index (χ3v) is 10.2. The Hall–Kier alpha value is -6.26. The van der Waals surface area contributed by atoms with Crippen LogP contribution in [0, 0.1) is 0 Å². The summed E-state index contributed by atoms with van der Waals surface area (Å²) in [6.45, 7) is 13.5. The summed E-state index contributed by atoms with van der Waals surface area (Å²) in [5.74, 6) is 0. The van der Waals surface area contributed by atoms with Gasteiger partial charge in [-0.15, -0.1) is 0 Å². The molecule has 0 unspecified atom stereocenters. The van der Waals surface area contributed by atoms with Gasteiger partial charge in [0.05, 0.1) is 22.4 Å². The SMILES string of the molecule is CC(C)(C)c1ccc(-c2cc3nc(-c4ccc(-c5cccnc5)cc4)c(-c4ccc(-c5cccnc5)cc4)nc3cc2-c2ccc(C(C)(C)C)cc2)cc1. The van der Waals surface area contributed by atoms with Gasteiger partial charge >= 0.3 is 0 Å². The molecule has 4 heteroatoms. The summed E-state index contributed by atoms with van der Waals surface area (Å²) in [4.78, 5) is 19.5. The van der Waals surface area contributed by atoms with E-state index >= 15 is 0 Å². The van der Waals surface area contributed by atoms with Crippen molar-refractivity contribution < 1.29 is 0 Å². The van der Waals surface area contributed by atoms with Crippen molar-refractivity contribution in [1.29, 1.82) is 0 Å². The summed E-state index contributed by atoms with van der Waals surface area (Å²) >= 11 is 0. The van der Waals surface area contributed by atoms with Gasteiger partial charge in [-0.1, -0.05) is 151 Å². The Bertz CT molecular complexity index is 2360. The molecule has 0 saturated carbocycles. The van der Waals surface area contributed by atoms with Crippen LogP contribution in [0.2, 0.25) is 0 Å². The maximum Gasteiger partial charge on any atom is 0.0973 e. The lowest BCUT2D eigenvalue weighted by molar-refractivity contribution is 0.590. The molecule has 8 aromatic rings. The molecule has 0 bridgehead atoms. The van der Waals surface area contributed by atoms with Crippen molar-refractivity contribution in [3.8, 4) is 67.0 Å². The first-order valence-corrected chi connectivity index (χ1v) is 18.6. The normalized spacial score (nSPS) is 11.9. The molecule has 0 amide bonds. The molecule has 0 atom stereocenters. The summed E-state index contributed by atoms with van der Waals surface area (Å²) in [6.07, 6.45) is 7.38. The van der Waals surface area contributed by atoms with Crippen LogP contribution in [0.3, 0.4) is 0 Å². The van der Waals surface area contributed by atoms with Crippen LogP contribution >= 0.6 is 0 Å². The van der Waals surface area contributed by atoms with E-state index in [1.165, 1.54) is 11.1 Å². The number of rotatable bonds is 6. The number of nitrogens with zero attached hydrogens (tertiary/aromatic N) is 4. The van der Waals surface area contributed by atoms with Gasteiger partial charge in [0.2, 0.25) is 0 Å². The van der Waals surface area contributed by atoms with Gasteiger partial charge in [0.15, 0.2) is 0 Å². The largest absolute Gasteiger partial charge is 0.264 e. The molecule has 0 aliphatic carbocycles. The fraction of sp³-hybridized carbons (Fsp3) is 0.160. The lowest BCUT2D eigenvalue weighted by Crippen LogP contribution is -2.10. The predicted octanol–water partition coefficient (Wildman–Crippen LogP) is 13.0. The van der Waals surface area contributed by atoms with E-state index in [9.17, 15) is 0 Å². The van der Waals surface area contributed by atoms with Crippen molar-refractivity contribution in [2.24, 2.45) is 0 Å². The van der Waals surface area contributed by atoms with E-state index in [2.05, 4.69) is 173 Å². The first-order chi connectivity index (χ1) is 26.0. The van der Waals surface area contributed by atoms with Gasteiger partial charge in [0.1, 0.15) is 0 Å². The molecule has 3 heterocycles. The fourth-order valence-corrected chi connectivity index (χ4v) is 6.99. The predicted molar refractivity (Wildman–Crippen MR) is 225 cm³/mol. The second-order valence-electron chi connectivity index (χ2n) is 16.1. The minimum absolute atomic E-state index is 0.0626. The maximum atomic E-state index is 5.44. The Morgan fingerprint density at radius 3 is 1.00 bits per heavy atom. The minimum Gasteiger partial charge on any atom is -0.264 e. The van der Waals surface area contributed by atoms with Gasteiger partial charge in [-0.05, 0) is 90.7 Å². The molecule has 0 N–H and O–H groups in total. The molecule has 8 rings (SSSR count). The molecule has 54 heavy (non-hydrogen) atoms. The van der Waals surface area contributed by atoms with Gasteiger partial charge in [-0.25, -0.2) is 9.97 Å². The van der Waals surface area contributed by atoms with Crippen molar-refractivity contribution in [2.45, 2.75) is 52.4 Å². The van der Waals surface area contributed by atoms with Gasteiger partial charge in [-0.2, -0.15) is 0 Å². The summed E-state index contributed by atoms with van der Waals surface area (Å²) in [5.41, 5.74) is 17.0. The number of hydrogen-bond acceptors (Lipinski definition) is 4. The maximum absolute atomic E-state index is 5.44.